The lowest BCUT2D eigenvalue weighted by molar-refractivity contribution is -0.566. The van der Waals surface area contributed by atoms with Crippen molar-refractivity contribution in [3.8, 4) is 0 Å². The van der Waals surface area contributed by atoms with Gasteiger partial charge in [0.25, 0.3) is 5.54 Å². The maximum atomic E-state index is 10.2. The fourth-order valence-corrected chi connectivity index (χ4v) is 0.559. The van der Waals surface area contributed by atoms with Gasteiger partial charge in [-0.3, -0.25) is 10.1 Å². The molecule has 0 saturated carbocycles. The smallest absolute Gasteiger partial charge is 0.254 e. The number of nitrogens with zero attached hydrogens (tertiary/aromatic N) is 1. The van der Waals surface area contributed by atoms with Crippen LogP contribution in [-0.2, 0) is 0 Å². The topological polar surface area (TPSA) is 75.4 Å². The second-order valence-corrected chi connectivity index (χ2v) is 2.44. The van der Waals surface area contributed by atoms with Crippen LogP contribution in [0.2, 0.25) is 0 Å². The number of hydrogen-bond donors (Lipinski definition) is 2. The predicted octanol–water partition coefficient (Wildman–Crippen LogP) is -0.345. The van der Waals surface area contributed by atoms with Crippen molar-refractivity contribution in [2.45, 2.75) is 12.5 Å². The van der Waals surface area contributed by atoms with Crippen molar-refractivity contribution in [2.24, 2.45) is 0 Å². The van der Waals surface area contributed by atoms with Crippen LogP contribution in [0.5, 0.6) is 0 Å². The van der Waals surface area contributed by atoms with E-state index < -0.39 is 17.1 Å². The van der Waals surface area contributed by atoms with Gasteiger partial charge in [0.1, 0.15) is 6.61 Å². The zero-order valence-corrected chi connectivity index (χ0v) is 7.35. The van der Waals surface area contributed by atoms with Gasteiger partial charge >= 0.3 is 0 Å². The molecular weight excluding hydrogens is 172 g/mol. The van der Waals surface area contributed by atoms with Gasteiger partial charge in [0, 0.05) is 11.8 Å². The Morgan fingerprint density at radius 2 is 2.18 bits per heavy atom. The third-order valence-corrected chi connectivity index (χ3v) is 1.34. The molecule has 5 nitrogen and oxygen atoms in total. The van der Waals surface area contributed by atoms with Gasteiger partial charge < -0.3 is 10.4 Å². The number of nitro groups is 1. The van der Waals surface area contributed by atoms with Crippen molar-refractivity contribution >= 4 is 12.4 Å². The zero-order valence-electron chi connectivity index (χ0n) is 6.53. The average molecular weight is 185 g/mol. The molecule has 6 heteroatoms. The van der Waals surface area contributed by atoms with Crippen LogP contribution in [0.3, 0.4) is 0 Å². The monoisotopic (exact) mass is 184 g/mol. The van der Waals surface area contributed by atoms with E-state index in [2.05, 4.69) is 5.32 Å². The van der Waals surface area contributed by atoms with E-state index in [1.807, 2.05) is 0 Å². The second-order valence-electron chi connectivity index (χ2n) is 2.44. The van der Waals surface area contributed by atoms with E-state index in [1.165, 1.54) is 6.92 Å². The molecule has 0 fully saturated rings. The second kappa shape index (κ2) is 5.29. The first-order valence-corrected chi connectivity index (χ1v) is 2.97. The standard InChI is InChI=1S/C5H12N2O3.ClH/c1-5(4-8,3-6-2)7(9)10;/h6,8H,3-4H2,1-2H3;1H. The highest BCUT2D eigenvalue weighted by Crippen LogP contribution is 2.04. The Morgan fingerprint density at radius 1 is 1.73 bits per heavy atom. The van der Waals surface area contributed by atoms with Gasteiger partial charge in [-0.25, -0.2) is 0 Å². The Labute approximate surface area is 71.3 Å². The van der Waals surface area contributed by atoms with Gasteiger partial charge in [0.05, 0.1) is 6.54 Å². The molecule has 0 radical (unpaired) electrons. The summed E-state index contributed by atoms with van der Waals surface area (Å²) in [5, 5.41) is 21.5. The summed E-state index contributed by atoms with van der Waals surface area (Å²) in [6, 6.07) is 0. The molecule has 0 aliphatic heterocycles. The lowest BCUT2D eigenvalue weighted by atomic mass is 10.1. The van der Waals surface area contributed by atoms with Gasteiger partial charge in [-0.05, 0) is 7.05 Å². The Hall–Kier alpha value is -0.390. The summed E-state index contributed by atoms with van der Waals surface area (Å²) >= 11 is 0. The minimum absolute atomic E-state index is 0. The molecular formula is C5H13ClN2O3. The molecule has 0 rings (SSSR count). The molecule has 0 bridgehead atoms. The SMILES string of the molecule is CNCC(C)(CO)[N+](=O)[O-].Cl. The fourth-order valence-electron chi connectivity index (χ4n) is 0.559. The van der Waals surface area contributed by atoms with Crippen LogP contribution in [-0.4, -0.2) is 35.8 Å². The molecule has 0 spiro atoms. The first-order valence-electron chi connectivity index (χ1n) is 2.97. The summed E-state index contributed by atoms with van der Waals surface area (Å²) in [4.78, 5) is 9.77. The van der Waals surface area contributed by atoms with E-state index in [4.69, 9.17) is 5.11 Å². The first-order chi connectivity index (χ1) is 4.56. The van der Waals surface area contributed by atoms with E-state index >= 15 is 0 Å². The number of hydrogen-bond acceptors (Lipinski definition) is 4. The van der Waals surface area contributed by atoms with Crippen molar-refractivity contribution < 1.29 is 10.0 Å². The van der Waals surface area contributed by atoms with Crippen molar-refractivity contribution in [3.63, 3.8) is 0 Å². The molecule has 68 valence electrons. The summed E-state index contributed by atoms with van der Waals surface area (Å²) in [5.41, 5.74) is -1.24. The molecule has 0 amide bonds. The van der Waals surface area contributed by atoms with E-state index in [9.17, 15) is 10.1 Å². The van der Waals surface area contributed by atoms with E-state index in [0.29, 0.717) is 0 Å². The van der Waals surface area contributed by atoms with Crippen LogP contribution in [0.25, 0.3) is 0 Å². The third-order valence-electron chi connectivity index (χ3n) is 1.34. The molecule has 0 aromatic rings. The minimum atomic E-state index is -1.24. The zero-order chi connectivity index (χ0) is 8.20. The van der Waals surface area contributed by atoms with Gasteiger partial charge in [-0.1, -0.05) is 0 Å². The van der Waals surface area contributed by atoms with Gasteiger partial charge in [0.2, 0.25) is 0 Å². The number of likely N-dealkylation sites (N-methyl/N-ethyl adjacent to an activating group) is 1. The number of rotatable bonds is 4. The van der Waals surface area contributed by atoms with Crippen LogP contribution in [0, 0.1) is 10.1 Å². The number of aliphatic hydroxyl groups is 1. The Bertz CT molecular complexity index is 133. The maximum absolute atomic E-state index is 10.2. The first kappa shape index (κ1) is 13.2. The highest BCUT2D eigenvalue weighted by molar-refractivity contribution is 5.85. The van der Waals surface area contributed by atoms with Crippen molar-refractivity contribution in [2.75, 3.05) is 20.2 Å². The minimum Gasteiger partial charge on any atom is -0.389 e. The normalized spacial score (nSPS) is 14.8. The molecule has 0 aliphatic rings. The number of nitrogens with one attached hydrogen (secondary N) is 1. The van der Waals surface area contributed by atoms with Crippen LogP contribution in [0.1, 0.15) is 6.92 Å². The number of aliphatic hydroxyl groups excluding tert-OH is 1. The van der Waals surface area contributed by atoms with E-state index in [1.54, 1.807) is 7.05 Å². The molecule has 11 heavy (non-hydrogen) atoms. The lowest BCUT2D eigenvalue weighted by Crippen LogP contribution is -2.46. The van der Waals surface area contributed by atoms with Crippen molar-refractivity contribution in [3.05, 3.63) is 10.1 Å². The quantitative estimate of drug-likeness (QED) is 0.463. The van der Waals surface area contributed by atoms with E-state index in [0.717, 1.165) is 0 Å². The highest BCUT2D eigenvalue weighted by atomic mass is 35.5. The average Bonchev–Trinajstić information content (AvgIpc) is 1.88. The molecule has 0 saturated heterocycles. The highest BCUT2D eigenvalue weighted by Gasteiger charge is 2.35. The largest absolute Gasteiger partial charge is 0.389 e. The summed E-state index contributed by atoms with van der Waals surface area (Å²) in [6.07, 6.45) is 0. The van der Waals surface area contributed by atoms with Crippen molar-refractivity contribution in [1.82, 2.24) is 5.32 Å². The molecule has 0 aromatic heterocycles. The predicted molar refractivity (Wildman–Crippen MR) is 43.7 cm³/mol. The molecule has 0 heterocycles. The maximum Gasteiger partial charge on any atom is 0.254 e. The van der Waals surface area contributed by atoms with Crippen LogP contribution in [0.15, 0.2) is 0 Å². The Kier molecular flexibility index (Phi) is 6.35. The molecule has 0 aromatic carbocycles. The molecule has 0 aliphatic carbocycles. The third kappa shape index (κ3) is 3.50. The molecule has 2 N–H and O–H groups in total. The molecule has 1 unspecified atom stereocenters. The van der Waals surface area contributed by atoms with Gasteiger partial charge in [-0.2, -0.15) is 0 Å². The van der Waals surface area contributed by atoms with Crippen molar-refractivity contribution in [1.29, 1.82) is 0 Å². The van der Waals surface area contributed by atoms with Crippen LogP contribution in [0.4, 0.5) is 0 Å². The van der Waals surface area contributed by atoms with Crippen LogP contribution >= 0.6 is 12.4 Å². The van der Waals surface area contributed by atoms with Gasteiger partial charge in [0.15, 0.2) is 0 Å². The summed E-state index contributed by atoms with van der Waals surface area (Å²) in [6.45, 7) is 1.13. The summed E-state index contributed by atoms with van der Waals surface area (Å²) < 4.78 is 0. The number of halogens is 1. The Morgan fingerprint density at radius 3 is 2.27 bits per heavy atom. The Balaban J connectivity index is 0. The summed E-state index contributed by atoms with van der Waals surface area (Å²) in [5.74, 6) is 0. The fraction of sp³-hybridized carbons (Fsp3) is 1.00. The molecule has 1 atom stereocenters. The van der Waals surface area contributed by atoms with E-state index in [-0.39, 0.29) is 19.0 Å². The lowest BCUT2D eigenvalue weighted by Gasteiger charge is -2.16. The van der Waals surface area contributed by atoms with Gasteiger partial charge in [-0.15, -0.1) is 12.4 Å². The summed E-state index contributed by atoms with van der Waals surface area (Å²) in [7, 11) is 1.61. The van der Waals surface area contributed by atoms with Crippen LogP contribution < -0.4 is 5.32 Å².